The first-order chi connectivity index (χ1) is 14.0. The van der Waals surface area contributed by atoms with Crippen LogP contribution in [-0.2, 0) is 14.8 Å². The van der Waals surface area contributed by atoms with Gasteiger partial charge in [0.2, 0.25) is 10.0 Å². The summed E-state index contributed by atoms with van der Waals surface area (Å²) in [7, 11) is -3.63. The van der Waals surface area contributed by atoms with Crippen LogP contribution in [0.5, 0.6) is 0 Å². The fourth-order valence-corrected chi connectivity index (χ4v) is 5.72. The molecule has 2 aromatic carbocycles. The zero-order valence-corrected chi connectivity index (χ0v) is 17.3. The van der Waals surface area contributed by atoms with E-state index in [-0.39, 0.29) is 16.8 Å². The number of hydrogen-bond donors (Lipinski definition) is 0. The highest BCUT2D eigenvalue weighted by molar-refractivity contribution is 7.89. The lowest BCUT2D eigenvalue weighted by molar-refractivity contribution is 0.0728. The van der Waals surface area contributed by atoms with Crippen LogP contribution in [0.25, 0.3) is 0 Å². The van der Waals surface area contributed by atoms with Crippen LogP contribution in [0, 0.1) is 0 Å². The average molecular weight is 415 g/mol. The van der Waals surface area contributed by atoms with Crippen LogP contribution >= 0.6 is 0 Å². The summed E-state index contributed by atoms with van der Waals surface area (Å²) in [6.07, 6.45) is 0.905. The molecule has 6 nitrogen and oxygen atoms in total. The fourth-order valence-electron chi connectivity index (χ4n) is 4.26. The van der Waals surface area contributed by atoms with Crippen LogP contribution in [-0.4, -0.2) is 62.4 Å². The molecule has 2 aliphatic rings. The summed E-state index contributed by atoms with van der Waals surface area (Å²) in [5.74, 6) is 0.176. The van der Waals surface area contributed by atoms with Gasteiger partial charge in [-0.1, -0.05) is 36.4 Å². The number of sulfonamides is 1. The van der Waals surface area contributed by atoms with Crippen LogP contribution in [0.1, 0.15) is 35.2 Å². The number of amides is 1. The third-order valence-electron chi connectivity index (χ3n) is 5.93. The zero-order valence-electron chi connectivity index (χ0n) is 16.5. The molecule has 4 rings (SSSR count). The number of hydrogen-bond acceptors (Lipinski definition) is 4. The highest BCUT2D eigenvalue weighted by Gasteiger charge is 2.35. The number of likely N-dealkylation sites (tertiary alicyclic amines) is 1. The number of morpholine rings is 1. The molecule has 1 amide bonds. The Labute approximate surface area is 172 Å². The molecule has 2 fully saturated rings. The predicted molar refractivity (Wildman–Crippen MR) is 110 cm³/mol. The zero-order chi connectivity index (χ0) is 20.4. The van der Waals surface area contributed by atoms with Gasteiger partial charge in [0.15, 0.2) is 0 Å². The topological polar surface area (TPSA) is 66.9 Å². The summed E-state index contributed by atoms with van der Waals surface area (Å²) in [6, 6.07) is 16.7. The molecule has 2 saturated heterocycles. The second-order valence-electron chi connectivity index (χ2n) is 7.59. The van der Waals surface area contributed by atoms with Gasteiger partial charge in [-0.25, -0.2) is 8.42 Å². The molecule has 0 spiro atoms. The molecule has 0 saturated carbocycles. The Hall–Kier alpha value is -2.22. The number of ether oxygens (including phenoxy) is 1. The van der Waals surface area contributed by atoms with Crippen LogP contribution in [0.15, 0.2) is 59.5 Å². The van der Waals surface area contributed by atoms with E-state index < -0.39 is 10.0 Å². The number of carbonyl (C=O) groups excluding carboxylic acids is 1. The van der Waals surface area contributed by atoms with Gasteiger partial charge in [-0.2, -0.15) is 4.31 Å². The van der Waals surface area contributed by atoms with Crippen molar-refractivity contribution in [2.45, 2.75) is 30.2 Å². The van der Waals surface area contributed by atoms with E-state index in [2.05, 4.69) is 19.1 Å². The Morgan fingerprint density at radius 1 is 1.00 bits per heavy atom. The first-order valence-electron chi connectivity index (χ1n) is 10.0. The monoisotopic (exact) mass is 414 g/mol. The predicted octanol–water partition coefficient (Wildman–Crippen LogP) is 2.73. The quantitative estimate of drug-likeness (QED) is 0.772. The summed E-state index contributed by atoms with van der Waals surface area (Å²) in [4.78, 5) is 15.2. The largest absolute Gasteiger partial charge is 0.379 e. The highest BCUT2D eigenvalue weighted by atomic mass is 32.2. The molecule has 0 N–H and O–H groups in total. The molecular formula is C22H26N2O4S. The number of rotatable bonds is 4. The Balaban J connectivity index is 1.55. The first kappa shape index (κ1) is 20.1. The second-order valence-corrected chi connectivity index (χ2v) is 9.53. The molecule has 2 aliphatic heterocycles. The Morgan fingerprint density at radius 2 is 1.72 bits per heavy atom. The summed E-state index contributed by atoms with van der Waals surface area (Å²) in [5.41, 5.74) is 1.65. The first-order valence-corrected chi connectivity index (χ1v) is 11.5. The van der Waals surface area contributed by atoms with Gasteiger partial charge in [0.1, 0.15) is 0 Å². The highest BCUT2D eigenvalue weighted by Crippen LogP contribution is 2.34. The molecule has 2 atom stereocenters. The maximum Gasteiger partial charge on any atom is 0.254 e. The van der Waals surface area contributed by atoms with Crippen molar-refractivity contribution in [1.82, 2.24) is 9.21 Å². The maximum atomic E-state index is 13.2. The standard InChI is InChI=1S/C22H26N2O4S/c1-17-21(18-6-3-2-4-7-18)10-11-24(17)22(25)19-8-5-9-20(16-19)29(26,27)23-12-14-28-15-13-23/h2-9,16-17,21H,10-15H2,1H3/t17-,21-/m1/s1. The normalized spacial score (nSPS) is 23.3. The minimum atomic E-state index is -3.63. The van der Waals surface area contributed by atoms with E-state index in [0.717, 1.165) is 6.42 Å². The smallest absolute Gasteiger partial charge is 0.254 e. The van der Waals surface area contributed by atoms with Crippen molar-refractivity contribution in [3.05, 3.63) is 65.7 Å². The van der Waals surface area contributed by atoms with Gasteiger partial charge in [-0.15, -0.1) is 0 Å². The van der Waals surface area contributed by atoms with Crippen molar-refractivity contribution in [1.29, 1.82) is 0 Å². The van der Waals surface area contributed by atoms with E-state index >= 15 is 0 Å². The molecule has 0 aliphatic carbocycles. The minimum Gasteiger partial charge on any atom is -0.379 e. The molecule has 2 heterocycles. The SMILES string of the molecule is C[C@@H]1[C@H](c2ccccc2)CCN1C(=O)c1cccc(S(=O)(=O)N2CCOCC2)c1. The van der Waals surface area contributed by atoms with Gasteiger partial charge in [-0.05, 0) is 37.1 Å². The fraction of sp³-hybridized carbons (Fsp3) is 0.409. The summed E-state index contributed by atoms with van der Waals surface area (Å²) >= 11 is 0. The summed E-state index contributed by atoms with van der Waals surface area (Å²) in [6.45, 7) is 4.19. The van der Waals surface area contributed by atoms with Crippen molar-refractivity contribution in [3.63, 3.8) is 0 Å². The van der Waals surface area contributed by atoms with Gasteiger partial charge >= 0.3 is 0 Å². The van der Waals surface area contributed by atoms with Gasteiger partial charge < -0.3 is 9.64 Å². The second kappa shape index (κ2) is 8.26. The third kappa shape index (κ3) is 3.95. The van der Waals surface area contributed by atoms with Gasteiger partial charge in [0.05, 0.1) is 18.1 Å². The van der Waals surface area contributed by atoms with E-state index in [9.17, 15) is 13.2 Å². The van der Waals surface area contributed by atoms with E-state index in [1.807, 2.05) is 23.1 Å². The van der Waals surface area contributed by atoms with Crippen LogP contribution < -0.4 is 0 Å². The van der Waals surface area contributed by atoms with Gasteiger partial charge in [0, 0.05) is 37.2 Å². The lowest BCUT2D eigenvalue weighted by Crippen LogP contribution is -2.40. The minimum absolute atomic E-state index is 0.0596. The van der Waals surface area contributed by atoms with Crippen molar-refractivity contribution in [3.8, 4) is 0 Å². The van der Waals surface area contributed by atoms with Crippen LogP contribution in [0.4, 0.5) is 0 Å². The Bertz CT molecular complexity index is 971. The number of benzene rings is 2. The van der Waals surface area contributed by atoms with Crippen molar-refractivity contribution in [2.75, 3.05) is 32.8 Å². The number of nitrogens with zero attached hydrogens (tertiary/aromatic N) is 2. The molecule has 154 valence electrons. The van der Waals surface area contributed by atoms with E-state index in [4.69, 9.17) is 4.74 Å². The summed E-state index contributed by atoms with van der Waals surface area (Å²) < 4.78 is 32.5. The van der Waals surface area contributed by atoms with Crippen molar-refractivity contribution in [2.24, 2.45) is 0 Å². The maximum absolute atomic E-state index is 13.2. The van der Waals surface area contributed by atoms with E-state index in [0.29, 0.717) is 44.3 Å². The van der Waals surface area contributed by atoms with Crippen LogP contribution in [0.3, 0.4) is 0 Å². The van der Waals surface area contributed by atoms with Gasteiger partial charge in [-0.3, -0.25) is 4.79 Å². The van der Waals surface area contributed by atoms with E-state index in [1.54, 1.807) is 18.2 Å². The molecule has 0 bridgehead atoms. The molecule has 0 radical (unpaired) electrons. The lowest BCUT2D eigenvalue weighted by atomic mass is 9.93. The third-order valence-corrected chi connectivity index (χ3v) is 7.83. The molecule has 0 aromatic heterocycles. The Kier molecular flexibility index (Phi) is 5.72. The molecular weight excluding hydrogens is 388 g/mol. The van der Waals surface area contributed by atoms with Crippen molar-refractivity contribution >= 4 is 15.9 Å². The van der Waals surface area contributed by atoms with E-state index in [1.165, 1.54) is 15.9 Å². The summed E-state index contributed by atoms with van der Waals surface area (Å²) in [5, 5.41) is 0. The average Bonchev–Trinajstić information content (AvgIpc) is 3.16. The Morgan fingerprint density at radius 3 is 2.45 bits per heavy atom. The molecule has 7 heteroatoms. The van der Waals surface area contributed by atoms with Crippen molar-refractivity contribution < 1.29 is 17.9 Å². The van der Waals surface area contributed by atoms with Gasteiger partial charge in [0.25, 0.3) is 5.91 Å². The molecule has 0 unspecified atom stereocenters. The number of carbonyl (C=O) groups is 1. The van der Waals surface area contributed by atoms with Crippen LogP contribution in [0.2, 0.25) is 0 Å². The molecule has 2 aromatic rings. The lowest BCUT2D eigenvalue weighted by Gasteiger charge is -2.27. The molecule has 29 heavy (non-hydrogen) atoms.